The minimum absolute atomic E-state index is 0.0921. The van der Waals surface area contributed by atoms with Gasteiger partial charge in [-0.2, -0.15) is 13.2 Å². The largest absolute Gasteiger partial charge is 0.416 e. The Labute approximate surface area is 160 Å². The highest BCUT2D eigenvalue weighted by Crippen LogP contribution is 2.37. The van der Waals surface area contributed by atoms with E-state index in [0.29, 0.717) is 11.3 Å². The van der Waals surface area contributed by atoms with Gasteiger partial charge in [-0.05, 0) is 36.4 Å². The van der Waals surface area contributed by atoms with Crippen molar-refractivity contribution in [3.8, 4) is 5.69 Å². The maximum Gasteiger partial charge on any atom is 0.416 e. The Kier molecular flexibility index (Phi) is 4.18. The summed E-state index contributed by atoms with van der Waals surface area (Å²) in [6.45, 7) is 0. The van der Waals surface area contributed by atoms with Gasteiger partial charge in [-0.1, -0.05) is 18.2 Å². The quantitative estimate of drug-likeness (QED) is 0.639. The van der Waals surface area contributed by atoms with Crippen LogP contribution in [0, 0.1) is 0 Å². The zero-order valence-electron chi connectivity index (χ0n) is 15.3. The number of nitrogens with zero attached hydrogens (tertiary/aromatic N) is 3. The average molecular weight is 385 g/mol. The zero-order valence-corrected chi connectivity index (χ0v) is 15.3. The van der Waals surface area contributed by atoms with Gasteiger partial charge in [0.15, 0.2) is 0 Å². The number of carbonyl (C=O) groups excluding carboxylic acids is 1. The van der Waals surface area contributed by atoms with E-state index in [0.717, 1.165) is 23.4 Å². The highest BCUT2D eigenvalue weighted by Gasteiger charge is 2.35. The monoisotopic (exact) mass is 385 g/mol. The third-order valence-electron chi connectivity index (χ3n) is 5.05. The van der Waals surface area contributed by atoms with Gasteiger partial charge in [0.05, 0.1) is 16.8 Å². The first kappa shape index (κ1) is 18.2. The van der Waals surface area contributed by atoms with Gasteiger partial charge in [-0.25, -0.2) is 0 Å². The van der Waals surface area contributed by atoms with E-state index in [9.17, 15) is 18.0 Å². The number of para-hydroxylation sites is 1. The van der Waals surface area contributed by atoms with Gasteiger partial charge < -0.3 is 14.4 Å². The maximum atomic E-state index is 13.0. The molecule has 7 heteroatoms. The lowest BCUT2D eigenvalue weighted by atomic mass is 10.0. The number of hydrogen-bond acceptors (Lipinski definition) is 2. The Morgan fingerprint density at radius 3 is 2.43 bits per heavy atom. The van der Waals surface area contributed by atoms with Gasteiger partial charge in [0.1, 0.15) is 6.17 Å². The Balaban J connectivity index is 1.71. The Hall–Kier alpha value is -3.22. The first-order valence-corrected chi connectivity index (χ1v) is 8.72. The van der Waals surface area contributed by atoms with E-state index in [1.165, 1.54) is 6.07 Å². The van der Waals surface area contributed by atoms with Crippen LogP contribution in [0.4, 0.5) is 18.9 Å². The van der Waals surface area contributed by atoms with E-state index in [2.05, 4.69) is 0 Å². The summed E-state index contributed by atoms with van der Waals surface area (Å²) < 4.78 is 40.7. The Morgan fingerprint density at radius 2 is 1.68 bits per heavy atom. The molecule has 144 valence electrons. The van der Waals surface area contributed by atoms with E-state index < -0.39 is 11.7 Å². The van der Waals surface area contributed by atoms with Crippen LogP contribution in [0.25, 0.3) is 5.69 Å². The van der Waals surface area contributed by atoms with Gasteiger partial charge in [-0.15, -0.1) is 0 Å². The number of carbonyl (C=O) groups is 1. The molecular formula is C21H18F3N3O. The molecule has 1 aliphatic rings. The number of anilines is 1. The maximum absolute atomic E-state index is 13.0. The van der Waals surface area contributed by atoms with Crippen LogP contribution >= 0.6 is 0 Å². The highest BCUT2D eigenvalue weighted by molar-refractivity contribution is 6.01. The number of alkyl halides is 3. The zero-order chi connectivity index (χ0) is 20.1. The number of amides is 1. The summed E-state index contributed by atoms with van der Waals surface area (Å²) in [6, 6.07) is 14.3. The fourth-order valence-electron chi connectivity index (χ4n) is 3.67. The molecule has 28 heavy (non-hydrogen) atoms. The molecule has 1 amide bonds. The SMILES string of the molecule is CN1C(=O)c2ccccc2N(C)[C@@H]1c1ccn(-c2cccc(C(F)(F)F)c2)c1. The van der Waals surface area contributed by atoms with Gasteiger partial charge in [0.25, 0.3) is 5.91 Å². The Morgan fingerprint density at radius 1 is 0.929 bits per heavy atom. The summed E-state index contributed by atoms with van der Waals surface area (Å²) in [5.41, 5.74) is 1.97. The number of aromatic nitrogens is 1. The molecule has 2 aromatic carbocycles. The molecule has 0 unspecified atom stereocenters. The molecule has 3 aromatic rings. The van der Waals surface area contributed by atoms with E-state index in [4.69, 9.17) is 0 Å². The van der Waals surface area contributed by atoms with Crippen molar-refractivity contribution in [2.75, 3.05) is 19.0 Å². The second kappa shape index (κ2) is 6.44. The van der Waals surface area contributed by atoms with Crippen LogP contribution in [-0.2, 0) is 6.18 Å². The number of fused-ring (bicyclic) bond motifs is 1. The van der Waals surface area contributed by atoms with Crippen LogP contribution in [0.3, 0.4) is 0 Å². The third-order valence-corrected chi connectivity index (χ3v) is 5.05. The van der Waals surface area contributed by atoms with Gasteiger partial charge in [0.2, 0.25) is 0 Å². The molecule has 0 bridgehead atoms. The smallest absolute Gasteiger partial charge is 0.350 e. The fourth-order valence-corrected chi connectivity index (χ4v) is 3.67. The van der Waals surface area contributed by atoms with Crippen molar-refractivity contribution in [3.63, 3.8) is 0 Å². The standard InChI is InChI=1S/C21H18F3N3O/c1-25-18-9-4-3-8-17(18)20(28)26(2)19(25)14-10-11-27(13-14)16-7-5-6-15(12-16)21(22,23)24/h3-13,19H,1-2H3/t19-/m0/s1. The summed E-state index contributed by atoms with van der Waals surface area (Å²) >= 11 is 0. The molecule has 0 aliphatic carbocycles. The lowest BCUT2D eigenvalue weighted by Gasteiger charge is -2.41. The summed E-state index contributed by atoms with van der Waals surface area (Å²) in [4.78, 5) is 16.4. The number of benzene rings is 2. The van der Waals surface area contributed by atoms with Crippen molar-refractivity contribution in [1.29, 1.82) is 0 Å². The molecule has 1 aliphatic heterocycles. The number of halogens is 3. The highest BCUT2D eigenvalue weighted by atomic mass is 19.4. The molecule has 0 spiro atoms. The lowest BCUT2D eigenvalue weighted by molar-refractivity contribution is -0.137. The fraction of sp³-hybridized carbons (Fsp3) is 0.190. The minimum atomic E-state index is -4.40. The van der Waals surface area contributed by atoms with E-state index in [1.807, 2.05) is 36.2 Å². The van der Waals surface area contributed by atoms with Crippen molar-refractivity contribution >= 4 is 11.6 Å². The molecule has 0 fully saturated rings. The molecule has 0 saturated carbocycles. The van der Waals surface area contributed by atoms with Crippen molar-refractivity contribution < 1.29 is 18.0 Å². The van der Waals surface area contributed by atoms with Gasteiger partial charge in [0, 0.05) is 37.7 Å². The lowest BCUT2D eigenvalue weighted by Crippen LogP contribution is -2.45. The van der Waals surface area contributed by atoms with Gasteiger partial charge >= 0.3 is 6.18 Å². The summed E-state index contributed by atoms with van der Waals surface area (Å²) in [5, 5.41) is 0. The number of hydrogen-bond donors (Lipinski definition) is 0. The summed E-state index contributed by atoms with van der Waals surface area (Å²) in [6.07, 6.45) is -1.29. The predicted octanol–water partition coefficient (Wildman–Crippen LogP) is 4.72. The topological polar surface area (TPSA) is 28.5 Å². The van der Waals surface area contributed by atoms with Crippen molar-refractivity contribution in [2.24, 2.45) is 0 Å². The van der Waals surface area contributed by atoms with Gasteiger partial charge in [-0.3, -0.25) is 4.79 Å². The van der Waals surface area contributed by atoms with E-state index in [1.54, 1.807) is 41.0 Å². The second-order valence-corrected chi connectivity index (χ2v) is 6.82. The van der Waals surface area contributed by atoms with Crippen LogP contribution in [0.1, 0.15) is 27.7 Å². The number of rotatable bonds is 2. The first-order chi connectivity index (χ1) is 13.3. The molecule has 0 radical (unpaired) electrons. The molecule has 2 heterocycles. The average Bonchev–Trinajstić information content (AvgIpc) is 3.16. The van der Waals surface area contributed by atoms with E-state index in [-0.39, 0.29) is 12.1 Å². The normalized spacial score (nSPS) is 17.0. The van der Waals surface area contributed by atoms with Crippen LogP contribution < -0.4 is 4.90 Å². The second-order valence-electron chi connectivity index (χ2n) is 6.82. The van der Waals surface area contributed by atoms with Crippen LogP contribution in [0.2, 0.25) is 0 Å². The molecule has 4 nitrogen and oxygen atoms in total. The minimum Gasteiger partial charge on any atom is -0.350 e. The van der Waals surface area contributed by atoms with E-state index >= 15 is 0 Å². The summed E-state index contributed by atoms with van der Waals surface area (Å²) in [7, 11) is 3.62. The van der Waals surface area contributed by atoms with Crippen molar-refractivity contribution in [2.45, 2.75) is 12.3 Å². The van der Waals surface area contributed by atoms with Crippen molar-refractivity contribution in [3.05, 3.63) is 83.7 Å². The van der Waals surface area contributed by atoms with Crippen molar-refractivity contribution in [1.82, 2.24) is 9.47 Å². The van der Waals surface area contributed by atoms with Crippen LogP contribution in [0.15, 0.2) is 67.0 Å². The first-order valence-electron chi connectivity index (χ1n) is 8.72. The third kappa shape index (κ3) is 2.93. The van der Waals surface area contributed by atoms with Crippen LogP contribution in [-0.4, -0.2) is 29.5 Å². The molecule has 1 aromatic heterocycles. The molecule has 0 N–H and O–H groups in total. The van der Waals surface area contributed by atoms with Crippen LogP contribution in [0.5, 0.6) is 0 Å². The predicted molar refractivity (Wildman–Crippen MR) is 100 cm³/mol. The molecule has 1 atom stereocenters. The molecule has 0 saturated heterocycles. The Bertz CT molecular complexity index is 1040. The molecular weight excluding hydrogens is 367 g/mol. The summed E-state index contributed by atoms with van der Waals surface area (Å²) in [5.74, 6) is -0.0921. The molecule has 4 rings (SSSR count).